The van der Waals surface area contributed by atoms with Crippen molar-refractivity contribution in [3.05, 3.63) is 29.3 Å². The van der Waals surface area contributed by atoms with Crippen LogP contribution >= 0.6 is 11.8 Å². The van der Waals surface area contributed by atoms with Crippen LogP contribution in [0.4, 0.5) is 8.78 Å². The Labute approximate surface area is 112 Å². The monoisotopic (exact) mass is 273 g/mol. The predicted molar refractivity (Wildman–Crippen MR) is 73.9 cm³/mol. The van der Waals surface area contributed by atoms with Gasteiger partial charge in [0, 0.05) is 18.3 Å². The normalized spacial score (nSPS) is 11.6. The molecule has 0 amide bonds. The molecule has 18 heavy (non-hydrogen) atoms. The Hall–Kier alpha value is -0.610. The Kier molecular flexibility index (Phi) is 6.09. The van der Waals surface area contributed by atoms with E-state index in [1.165, 1.54) is 23.9 Å². The predicted octanol–water partition coefficient (Wildman–Crippen LogP) is 4.21. The average Bonchev–Trinajstić information content (AvgIpc) is 2.24. The van der Waals surface area contributed by atoms with Gasteiger partial charge in [0.25, 0.3) is 0 Å². The molecule has 1 aromatic carbocycles. The van der Waals surface area contributed by atoms with Gasteiger partial charge in [0.15, 0.2) is 0 Å². The second-order valence-corrected chi connectivity index (χ2v) is 6.16. The van der Waals surface area contributed by atoms with Gasteiger partial charge in [0.2, 0.25) is 0 Å². The van der Waals surface area contributed by atoms with Gasteiger partial charge in [-0.25, -0.2) is 8.78 Å². The van der Waals surface area contributed by atoms with E-state index in [-0.39, 0.29) is 4.90 Å². The van der Waals surface area contributed by atoms with E-state index in [9.17, 15) is 8.78 Å². The zero-order valence-electron chi connectivity index (χ0n) is 11.4. The molecule has 0 aliphatic carbocycles. The molecule has 0 saturated carbocycles. The van der Waals surface area contributed by atoms with E-state index in [4.69, 9.17) is 0 Å². The average molecular weight is 273 g/mol. The fourth-order valence-electron chi connectivity index (χ4n) is 1.42. The van der Waals surface area contributed by atoms with Crippen LogP contribution in [-0.4, -0.2) is 11.8 Å². The summed E-state index contributed by atoms with van der Waals surface area (Å²) in [5.41, 5.74) is 0.646. The van der Waals surface area contributed by atoms with E-state index in [1.807, 2.05) is 27.7 Å². The summed E-state index contributed by atoms with van der Waals surface area (Å²) in [6.07, 6.45) is 0. The largest absolute Gasteiger partial charge is 0.310 e. The van der Waals surface area contributed by atoms with Gasteiger partial charge >= 0.3 is 0 Å². The van der Waals surface area contributed by atoms with Crippen LogP contribution in [0.5, 0.6) is 0 Å². The van der Waals surface area contributed by atoms with E-state index in [0.29, 0.717) is 24.1 Å². The van der Waals surface area contributed by atoms with Crippen LogP contribution in [0.25, 0.3) is 0 Å². The molecule has 0 heterocycles. The second-order valence-electron chi connectivity index (χ2n) is 5.13. The lowest BCUT2D eigenvalue weighted by Crippen LogP contribution is -2.22. The minimum absolute atomic E-state index is 0.136. The van der Waals surface area contributed by atoms with E-state index < -0.39 is 11.6 Å². The van der Waals surface area contributed by atoms with E-state index in [2.05, 4.69) is 5.32 Å². The lowest BCUT2D eigenvalue weighted by atomic mass is 10.2. The first-order valence-corrected chi connectivity index (χ1v) is 7.22. The summed E-state index contributed by atoms with van der Waals surface area (Å²) in [5, 5.41) is 3.15. The number of thioether (sulfide) groups is 1. The summed E-state index contributed by atoms with van der Waals surface area (Å²) < 4.78 is 27.6. The third-order valence-electron chi connectivity index (χ3n) is 2.33. The summed E-state index contributed by atoms with van der Waals surface area (Å²) in [5.74, 6) is 0.218. The van der Waals surface area contributed by atoms with Crippen LogP contribution in [0.2, 0.25) is 0 Å². The Balaban J connectivity index is 2.77. The highest BCUT2D eigenvalue weighted by Crippen LogP contribution is 2.27. The standard InChI is InChI=1S/C14H21F2NS/c1-9(2)8-18-14-12(15)5-11(6-13(14)16)7-17-10(3)4/h5-6,9-10,17H,7-8H2,1-4H3. The molecule has 0 atom stereocenters. The van der Waals surface area contributed by atoms with Crippen molar-refractivity contribution < 1.29 is 8.78 Å². The maximum atomic E-state index is 13.8. The molecule has 4 heteroatoms. The molecule has 1 aromatic rings. The van der Waals surface area contributed by atoms with Gasteiger partial charge in [-0.2, -0.15) is 0 Å². The highest BCUT2D eigenvalue weighted by molar-refractivity contribution is 7.99. The highest BCUT2D eigenvalue weighted by Gasteiger charge is 2.12. The van der Waals surface area contributed by atoms with Crippen LogP contribution in [-0.2, 0) is 6.54 Å². The van der Waals surface area contributed by atoms with Crippen LogP contribution < -0.4 is 5.32 Å². The van der Waals surface area contributed by atoms with E-state index >= 15 is 0 Å². The zero-order valence-corrected chi connectivity index (χ0v) is 12.2. The molecule has 0 aromatic heterocycles. The lowest BCUT2D eigenvalue weighted by molar-refractivity contribution is 0.528. The van der Waals surface area contributed by atoms with Crippen molar-refractivity contribution in [1.82, 2.24) is 5.32 Å². The minimum atomic E-state index is -0.457. The van der Waals surface area contributed by atoms with Crippen molar-refractivity contribution in [2.45, 2.75) is 45.2 Å². The fourth-order valence-corrected chi connectivity index (χ4v) is 2.32. The maximum absolute atomic E-state index is 13.8. The van der Waals surface area contributed by atoms with Gasteiger partial charge in [0.05, 0.1) is 4.90 Å². The first kappa shape index (κ1) is 15.4. The van der Waals surface area contributed by atoms with Crippen molar-refractivity contribution in [3.8, 4) is 0 Å². The summed E-state index contributed by atoms with van der Waals surface area (Å²) >= 11 is 1.24. The van der Waals surface area contributed by atoms with Crippen LogP contribution in [0.3, 0.4) is 0 Å². The van der Waals surface area contributed by atoms with Gasteiger partial charge < -0.3 is 5.32 Å². The molecule has 1 rings (SSSR count). The molecule has 1 nitrogen and oxygen atoms in total. The first-order valence-electron chi connectivity index (χ1n) is 6.24. The number of rotatable bonds is 6. The number of nitrogens with one attached hydrogen (secondary N) is 1. The zero-order chi connectivity index (χ0) is 13.7. The molecule has 0 aliphatic heterocycles. The van der Waals surface area contributed by atoms with E-state index in [1.54, 1.807) is 0 Å². The first-order chi connectivity index (χ1) is 8.40. The molecule has 0 unspecified atom stereocenters. The molecule has 0 aliphatic rings. The lowest BCUT2D eigenvalue weighted by Gasteiger charge is -2.11. The molecule has 0 saturated heterocycles. The Bertz CT molecular complexity index is 368. The quantitative estimate of drug-likeness (QED) is 0.779. The van der Waals surface area contributed by atoms with Crippen LogP contribution in [0.1, 0.15) is 33.3 Å². The molecule has 0 radical (unpaired) electrons. The summed E-state index contributed by atoms with van der Waals surface area (Å²) in [6.45, 7) is 8.55. The summed E-state index contributed by atoms with van der Waals surface area (Å²) in [4.78, 5) is 0.136. The van der Waals surface area contributed by atoms with Crippen molar-refractivity contribution in [3.63, 3.8) is 0 Å². The van der Waals surface area contributed by atoms with Gasteiger partial charge in [-0.3, -0.25) is 0 Å². The maximum Gasteiger partial charge on any atom is 0.140 e. The fraction of sp³-hybridized carbons (Fsp3) is 0.571. The molecule has 1 N–H and O–H groups in total. The van der Waals surface area contributed by atoms with Gasteiger partial charge in [-0.1, -0.05) is 27.7 Å². The minimum Gasteiger partial charge on any atom is -0.310 e. The second kappa shape index (κ2) is 7.10. The SMILES string of the molecule is CC(C)CSc1c(F)cc(CNC(C)C)cc1F. The molecule has 0 bridgehead atoms. The van der Waals surface area contributed by atoms with Crippen molar-refractivity contribution in [1.29, 1.82) is 0 Å². The van der Waals surface area contributed by atoms with Crippen molar-refractivity contribution in [2.24, 2.45) is 5.92 Å². The number of hydrogen-bond acceptors (Lipinski definition) is 2. The van der Waals surface area contributed by atoms with Gasteiger partial charge in [-0.05, 0) is 23.6 Å². The molecular weight excluding hydrogens is 252 g/mol. The summed E-state index contributed by atoms with van der Waals surface area (Å²) in [7, 11) is 0. The van der Waals surface area contributed by atoms with Crippen molar-refractivity contribution >= 4 is 11.8 Å². The molecule has 0 spiro atoms. The smallest absolute Gasteiger partial charge is 0.140 e. The number of halogens is 2. The van der Waals surface area contributed by atoms with Crippen LogP contribution in [0, 0.1) is 17.6 Å². The molecular formula is C14H21F2NS. The number of hydrogen-bond donors (Lipinski definition) is 1. The topological polar surface area (TPSA) is 12.0 Å². The Morgan fingerprint density at radius 1 is 1.11 bits per heavy atom. The summed E-state index contributed by atoms with van der Waals surface area (Å²) in [6, 6.07) is 3.13. The van der Waals surface area contributed by atoms with Crippen LogP contribution in [0.15, 0.2) is 17.0 Å². The van der Waals surface area contributed by atoms with Gasteiger partial charge in [-0.15, -0.1) is 11.8 Å². The van der Waals surface area contributed by atoms with E-state index in [0.717, 1.165) is 5.75 Å². The molecule has 102 valence electrons. The highest BCUT2D eigenvalue weighted by atomic mass is 32.2. The third kappa shape index (κ3) is 4.94. The van der Waals surface area contributed by atoms with Gasteiger partial charge in [0.1, 0.15) is 11.6 Å². The van der Waals surface area contributed by atoms with Crippen molar-refractivity contribution in [2.75, 3.05) is 5.75 Å². The Morgan fingerprint density at radius 3 is 2.11 bits per heavy atom. The molecule has 0 fully saturated rings. The third-order valence-corrected chi connectivity index (χ3v) is 3.85. The Morgan fingerprint density at radius 2 is 1.67 bits per heavy atom. The number of benzene rings is 1.